The Morgan fingerprint density at radius 2 is 0.618 bits per heavy atom. The molecule has 0 unspecified atom stereocenters. The Labute approximate surface area is 218 Å². The van der Waals surface area contributed by atoms with Crippen LogP contribution in [0.5, 0.6) is 0 Å². The topological polar surface area (TPSA) is 49.7 Å². The van der Waals surface area contributed by atoms with Crippen LogP contribution in [0.3, 0.4) is 0 Å². The molecule has 0 aromatic carbocycles. The van der Waals surface area contributed by atoms with Crippen LogP contribution in [-0.4, -0.2) is 36.6 Å². The van der Waals surface area contributed by atoms with Crippen molar-refractivity contribution in [3.63, 3.8) is 0 Å². The quantitative estimate of drug-likeness (QED) is 0.278. The van der Waals surface area contributed by atoms with Crippen molar-refractivity contribution in [2.45, 2.75) is 88.0 Å². The van der Waals surface area contributed by atoms with Gasteiger partial charge in [0.25, 0.3) is 0 Å². The molecule has 0 bridgehead atoms. The van der Waals surface area contributed by atoms with Crippen LogP contribution in [0, 0.1) is 0 Å². The van der Waals surface area contributed by atoms with Crippen molar-refractivity contribution in [2.24, 2.45) is 0 Å². The van der Waals surface area contributed by atoms with Gasteiger partial charge in [0.15, 0.2) is 0 Å². The van der Waals surface area contributed by atoms with Crippen molar-refractivity contribution in [3.8, 4) is 0 Å². The second-order valence-electron chi connectivity index (χ2n) is 5.62. The molecule has 0 aromatic heterocycles. The van der Waals surface area contributed by atoms with Crippen molar-refractivity contribution in [3.05, 3.63) is 88.6 Å². The lowest BCUT2D eigenvalue weighted by Crippen LogP contribution is -1.95. The average molecular weight is 487 g/mol. The van der Waals surface area contributed by atoms with E-state index < -0.39 is 0 Å². The molecule has 0 saturated carbocycles. The molecule has 0 aliphatic carbocycles. The minimum Gasteiger partial charge on any atom is -0.394 e. The number of hydrogen-bond acceptors (Lipinski definition) is 3. The van der Waals surface area contributed by atoms with Gasteiger partial charge in [-0.2, -0.15) is 0 Å². The molecule has 0 aliphatic heterocycles. The summed E-state index contributed by atoms with van der Waals surface area (Å²) < 4.78 is 5.31. The molecule has 0 saturated heterocycles. The summed E-state index contributed by atoms with van der Waals surface area (Å²) in [5.74, 6) is 0. The Balaban J connectivity index is -0.0000000311. The van der Waals surface area contributed by atoms with E-state index in [1.807, 2.05) is 48.5 Å². The second-order valence-corrected chi connectivity index (χ2v) is 5.62. The number of hydrogen-bond donors (Lipinski definition) is 2. The molecule has 34 heavy (non-hydrogen) atoms. The Kier molecular flexibility index (Phi) is 243. The van der Waals surface area contributed by atoms with E-state index in [9.17, 15) is 0 Å². The Morgan fingerprint density at radius 1 is 0.471 bits per heavy atom. The SMILES string of the molecule is C=CC.C=CC.C=CC.C=CC.C=CC.C=CC.C=CC.CCCCOCCCC.OCCO. The van der Waals surface area contributed by atoms with E-state index in [1.165, 1.54) is 25.7 Å². The molecule has 0 heterocycles. The van der Waals surface area contributed by atoms with Crippen LogP contribution < -0.4 is 0 Å². The van der Waals surface area contributed by atoms with Gasteiger partial charge in [-0.05, 0) is 61.3 Å². The summed E-state index contributed by atoms with van der Waals surface area (Å²) in [5.41, 5.74) is 0. The molecule has 0 fully saturated rings. The van der Waals surface area contributed by atoms with Gasteiger partial charge in [0.2, 0.25) is 0 Å². The standard InChI is InChI=1S/C8H18O.7C3H6.C2H6O2/c1-3-5-7-9-8-6-4-2;7*1-3-2;3-1-2-4/h3-8H2,1-2H3;7*3H,1H2,2H3;3-4H,1-2H2. The summed E-state index contributed by atoms with van der Waals surface area (Å²) in [6.45, 7) is 42.8. The highest BCUT2D eigenvalue weighted by atomic mass is 16.5. The van der Waals surface area contributed by atoms with Gasteiger partial charge in [0, 0.05) is 13.2 Å². The molecule has 0 aromatic rings. The Bertz CT molecular complexity index is 228. The summed E-state index contributed by atoms with van der Waals surface area (Å²) in [4.78, 5) is 0. The fourth-order valence-electron chi connectivity index (χ4n) is 0.595. The fraction of sp³-hybridized carbons (Fsp3) is 0.548. The van der Waals surface area contributed by atoms with Crippen molar-refractivity contribution in [1.29, 1.82) is 0 Å². The number of rotatable bonds is 7. The van der Waals surface area contributed by atoms with Crippen LogP contribution in [0.1, 0.15) is 88.0 Å². The molecule has 0 atom stereocenters. The smallest absolute Gasteiger partial charge is 0.0662 e. The van der Waals surface area contributed by atoms with Crippen LogP contribution in [0.15, 0.2) is 88.6 Å². The molecule has 0 rings (SSSR count). The Hall–Kier alpha value is -1.94. The molecule has 0 radical (unpaired) electrons. The molecule has 3 nitrogen and oxygen atoms in total. The number of ether oxygens (including phenoxy) is 1. The number of aliphatic hydroxyl groups excluding tert-OH is 2. The van der Waals surface area contributed by atoms with Gasteiger partial charge >= 0.3 is 0 Å². The highest BCUT2D eigenvalue weighted by Crippen LogP contribution is 1.91. The molecule has 3 heteroatoms. The van der Waals surface area contributed by atoms with Crippen molar-refractivity contribution >= 4 is 0 Å². The second kappa shape index (κ2) is 142. The van der Waals surface area contributed by atoms with Gasteiger partial charge in [-0.25, -0.2) is 0 Å². The third-order valence-corrected chi connectivity index (χ3v) is 1.38. The zero-order valence-corrected chi connectivity index (χ0v) is 25.0. The van der Waals surface area contributed by atoms with E-state index >= 15 is 0 Å². The van der Waals surface area contributed by atoms with E-state index in [2.05, 4.69) is 59.9 Å². The molecule has 0 amide bonds. The Morgan fingerprint density at radius 3 is 0.706 bits per heavy atom. The lowest BCUT2D eigenvalue weighted by Gasteiger charge is -1.99. The van der Waals surface area contributed by atoms with Crippen molar-refractivity contribution < 1.29 is 14.9 Å². The summed E-state index contributed by atoms with van der Waals surface area (Å²) in [7, 11) is 0. The van der Waals surface area contributed by atoms with Crippen molar-refractivity contribution in [1.82, 2.24) is 0 Å². The van der Waals surface area contributed by atoms with Gasteiger partial charge in [-0.15, -0.1) is 46.1 Å². The minimum absolute atomic E-state index is 0.125. The highest BCUT2D eigenvalue weighted by molar-refractivity contribution is 4.53. The van der Waals surface area contributed by atoms with E-state index in [4.69, 9.17) is 14.9 Å². The predicted octanol–water partition coefficient (Wildman–Crippen LogP) is 9.92. The van der Waals surface area contributed by atoms with Crippen LogP contribution in [-0.2, 0) is 4.74 Å². The molecule has 0 spiro atoms. The maximum Gasteiger partial charge on any atom is 0.0662 e. The number of aliphatic hydroxyl groups is 2. The zero-order chi connectivity index (χ0) is 29.3. The predicted molar refractivity (Wildman–Crippen MR) is 166 cm³/mol. The number of allylic oxidation sites excluding steroid dienone is 7. The number of unbranched alkanes of at least 4 members (excludes halogenated alkanes) is 2. The van der Waals surface area contributed by atoms with E-state index in [0.717, 1.165) is 13.2 Å². The van der Waals surface area contributed by atoms with Gasteiger partial charge in [0.1, 0.15) is 0 Å². The maximum atomic E-state index is 7.62. The fourth-order valence-corrected chi connectivity index (χ4v) is 0.595. The lowest BCUT2D eigenvalue weighted by molar-refractivity contribution is 0.128. The van der Waals surface area contributed by atoms with Gasteiger partial charge < -0.3 is 14.9 Å². The van der Waals surface area contributed by atoms with Crippen LogP contribution in [0.2, 0.25) is 0 Å². The minimum atomic E-state index is -0.125. The first kappa shape index (κ1) is 58.2. The molecule has 0 aliphatic rings. The lowest BCUT2D eigenvalue weighted by atomic mass is 10.3. The van der Waals surface area contributed by atoms with Crippen molar-refractivity contribution in [2.75, 3.05) is 26.4 Å². The van der Waals surface area contributed by atoms with Gasteiger partial charge in [0.05, 0.1) is 13.2 Å². The monoisotopic (exact) mass is 487 g/mol. The molecular formula is C31H66O3. The van der Waals surface area contributed by atoms with Crippen LogP contribution >= 0.6 is 0 Å². The average Bonchev–Trinajstić information content (AvgIpc) is 2.78. The van der Waals surface area contributed by atoms with E-state index in [0.29, 0.717) is 0 Å². The zero-order valence-electron chi connectivity index (χ0n) is 25.0. The maximum absolute atomic E-state index is 7.62. The first-order valence-electron chi connectivity index (χ1n) is 12.0. The van der Waals surface area contributed by atoms with E-state index in [-0.39, 0.29) is 13.2 Å². The highest BCUT2D eigenvalue weighted by Gasteiger charge is 1.84. The summed E-state index contributed by atoms with van der Waals surface area (Å²) in [6, 6.07) is 0. The van der Waals surface area contributed by atoms with Crippen LogP contribution in [0.25, 0.3) is 0 Å². The molecular weight excluding hydrogens is 420 g/mol. The molecule has 208 valence electrons. The molecule has 2 N–H and O–H groups in total. The summed E-state index contributed by atoms with van der Waals surface area (Å²) >= 11 is 0. The van der Waals surface area contributed by atoms with Gasteiger partial charge in [-0.1, -0.05) is 69.2 Å². The largest absolute Gasteiger partial charge is 0.394 e. The first-order valence-corrected chi connectivity index (χ1v) is 12.0. The summed E-state index contributed by atoms with van der Waals surface area (Å²) in [6.07, 6.45) is 17.2. The summed E-state index contributed by atoms with van der Waals surface area (Å²) in [5, 5.41) is 15.2. The van der Waals surface area contributed by atoms with Crippen LogP contribution in [0.4, 0.5) is 0 Å². The third kappa shape index (κ3) is 991. The van der Waals surface area contributed by atoms with Gasteiger partial charge in [-0.3, -0.25) is 0 Å². The first-order chi connectivity index (χ1) is 16.2. The third-order valence-electron chi connectivity index (χ3n) is 1.38. The normalized spacial score (nSPS) is 6.21. The van der Waals surface area contributed by atoms with E-state index in [1.54, 1.807) is 42.5 Å².